The lowest BCUT2D eigenvalue weighted by molar-refractivity contribution is -0.146. The van der Waals surface area contributed by atoms with Crippen molar-refractivity contribution in [3.63, 3.8) is 0 Å². The van der Waals surface area contributed by atoms with Gasteiger partial charge in [0.25, 0.3) is 0 Å². The second-order valence-electron chi connectivity index (χ2n) is 11.2. The molecular weight excluding hydrogens is 464 g/mol. The predicted octanol–water partition coefficient (Wildman–Crippen LogP) is 4.73. The van der Waals surface area contributed by atoms with E-state index in [4.69, 9.17) is 4.74 Å². The van der Waals surface area contributed by atoms with E-state index in [1.165, 1.54) is 12.5 Å². The number of aryl methyl sites for hydroxylation is 1. The highest BCUT2D eigenvalue weighted by atomic mass is 16.5. The Balaban J connectivity index is 1.43. The molecule has 0 radical (unpaired) electrons. The van der Waals surface area contributed by atoms with Crippen LogP contribution >= 0.6 is 0 Å². The van der Waals surface area contributed by atoms with Crippen molar-refractivity contribution in [2.75, 3.05) is 27.2 Å². The number of likely N-dealkylation sites (tertiary alicyclic amines) is 1. The van der Waals surface area contributed by atoms with E-state index in [0.717, 1.165) is 50.6 Å². The van der Waals surface area contributed by atoms with E-state index in [0.29, 0.717) is 31.6 Å². The molecule has 0 spiro atoms. The van der Waals surface area contributed by atoms with Crippen LogP contribution in [0.2, 0.25) is 0 Å². The summed E-state index contributed by atoms with van der Waals surface area (Å²) in [7, 11) is 3.98. The molecule has 2 aliphatic rings. The molecule has 3 atom stereocenters. The van der Waals surface area contributed by atoms with Crippen molar-refractivity contribution in [1.82, 2.24) is 9.80 Å². The topological polar surface area (TPSA) is 70.1 Å². The van der Waals surface area contributed by atoms with Gasteiger partial charge in [0.05, 0.1) is 5.60 Å². The normalized spacial score (nSPS) is 25.8. The molecule has 1 amide bonds. The number of unbranched alkanes of at least 4 members (excludes halogenated alkanes) is 2. The first-order valence-corrected chi connectivity index (χ1v) is 13.7. The molecule has 6 nitrogen and oxygen atoms in total. The van der Waals surface area contributed by atoms with Crippen molar-refractivity contribution in [2.24, 2.45) is 0 Å². The molecule has 1 aliphatic carbocycles. The molecule has 37 heavy (non-hydrogen) atoms. The number of esters is 1. The van der Waals surface area contributed by atoms with E-state index >= 15 is 0 Å². The first-order valence-electron chi connectivity index (χ1n) is 13.7. The van der Waals surface area contributed by atoms with Gasteiger partial charge in [-0.25, -0.2) is 0 Å². The summed E-state index contributed by atoms with van der Waals surface area (Å²) in [4.78, 5) is 28.9. The van der Waals surface area contributed by atoms with E-state index in [2.05, 4.69) is 36.2 Å². The van der Waals surface area contributed by atoms with Crippen LogP contribution < -0.4 is 4.74 Å². The molecule has 0 aromatic heterocycles. The number of piperidine rings is 1. The number of fused-ring (bicyclic) bond motifs is 1. The van der Waals surface area contributed by atoms with Crippen LogP contribution in [0.3, 0.4) is 0 Å². The number of benzene rings is 2. The maximum atomic E-state index is 13.2. The molecule has 2 fully saturated rings. The summed E-state index contributed by atoms with van der Waals surface area (Å²) in [5, 5.41) is 12.0. The number of hydrogen-bond acceptors (Lipinski definition) is 5. The first-order chi connectivity index (χ1) is 17.7. The average Bonchev–Trinajstić information content (AvgIpc) is 2.87. The molecule has 1 N–H and O–H groups in total. The Hall–Kier alpha value is -2.70. The minimum absolute atomic E-state index is 0.0675. The van der Waals surface area contributed by atoms with Gasteiger partial charge >= 0.3 is 5.97 Å². The third-order valence-corrected chi connectivity index (χ3v) is 8.61. The van der Waals surface area contributed by atoms with E-state index in [-0.39, 0.29) is 17.9 Å². The average molecular weight is 507 g/mol. The summed E-state index contributed by atoms with van der Waals surface area (Å²) in [5.74, 6) is 0.332. The summed E-state index contributed by atoms with van der Waals surface area (Å²) in [5.41, 5.74) is 0.949. The Bertz CT molecular complexity index is 1070. The largest absolute Gasteiger partial charge is 0.427 e. The zero-order valence-electron chi connectivity index (χ0n) is 22.6. The van der Waals surface area contributed by atoms with Crippen LogP contribution in [0.4, 0.5) is 0 Å². The van der Waals surface area contributed by atoms with Gasteiger partial charge in [-0.2, -0.15) is 0 Å². The Morgan fingerprint density at radius 2 is 1.86 bits per heavy atom. The highest BCUT2D eigenvalue weighted by Gasteiger charge is 2.57. The Labute approximate surface area is 221 Å². The summed E-state index contributed by atoms with van der Waals surface area (Å²) >= 11 is 0. The summed E-state index contributed by atoms with van der Waals surface area (Å²) in [6.45, 7) is 2.86. The number of carbonyl (C=O) groups excluding carboxylic acids is 2. The summed E-state index contributed by atoms with van der Waals surface area (Å²) in [6, 6.07) is 18.2. The number of amides is 1. The second-order valence-corrected chi connectivity index (χ2v) is 11.2. The zero-order chi connectivity index (χ0) is 26.5. The van der Waals surface area contributed by atoms with Crippen molar-refractivity contribution < 1.29 is 19.4 Å². The minimum atomic E-state index is -0.896. The lowest BCUT2D eigenvalue weighted by atomic mass is 9.55. The van der Waals surface area contributed by atoms with E-state index in [9.17, 15) is 14.7 Å². The van der Waals surface area contributed by atoms with Gasteiger partial charge in [-0.3, -0.25) is 9.59 Å². The standard InChI is InChI=1S/C31H42N2O4/c1-24(34)37-28-15-10-14-26(21-28)30-19-20-32(2)23-31(30,36)18-17-27(22-30)33(3)29(35)16-9-5-8-13-25-11-6-4-7-12-25/h4,6-7,10-12,14-15,21,27,36H,5,8-9,13,16-20,22-23H2,1-3H3/t27-,30+,31+/m1/s1. The number of carbonyl (C=O) groups is 2. The fraction of sp³-hybridized carbons (Fsp3) is 0.548. The van der Waals surface area contributed by atoms with Gasteiger partial charge < -0.3 is 19.6 Å². The van der Waals surface area contributed by atoms with Gasteiger partial charge in [-0.05, 0) is 81.8 Å². The van der Waals surface area contributed by atoms with E-state index < -0.39 is 11.0 Å². The molecule has 1 saturated carbocycles. The van der Waals surface area contributed by atoms with Crippen molar-refractivity contribution in [1.29, 1.82) is 0 Å². The lowest BCUT2D eigenvalue weighted by Gasteiger charge is -2.58. The minimum Gasteiger partial charge on any atom is -0.427 e. The number of ether oxygens (including phenoxy) is 1. The molecule has 4 rings (SSSR count). The summed E-state index contributed by atoms with van der Waals surface area (Å²) < 4.78 is 5.39. The zero-order valence-corrected chi connectivity index (χ0v) is 22.6. The molecule has 6 heteroatoms. The van der Waals surface area contributed by atoms with Gasteiger partial charge in [-0.1, -0.05) is 48.9 Å². The highest BCUT2D eigenvalue weighted by Crippen LogP contribution is 2.52. The fourth-order valence-corrected chi connectivity index (χ4v) is 6.50. The van der Waals surface area contributed by atoms with Gasteiger partial charge in [0.2, 0.25) is 5.91 Å². The number of β-amino-alcohol motifs (C(OH)–C–C–N with tert-alkyl or cyclic N) is 1. The van der Waals surface area contributed by atoms with Crippen molar-refractivity contribution in [3.05, 3.63) is 65.7 Å². The lowest BCUT2D eigenvalue weighted by Crippen LogP contribution is -2.66. The number of hydrogen-bond donors (Lipinski definition) is 1. The molecule has 2 aromatic carbocycles. The van der Waals surface area contributed by atoms with Crippen LogP contribution in [0, 0.1) is 0 Å². The van der Waals surface area contributed by atoms with Gasteiger partial charge in [0.15, 0.2) is 0 Å². The van der Waals surface area contributed by atoms with E-state index in [1.54, 1.807) is 6.07 Å². The first kappa shape index (κ1) is 27.3. The SMILES string of the molecule is CC(=O)Oc1cccc([C@@]23CCN(C)C[C@@]2(O)CC[C@@H](N(C)C(=O)CCCCCc2ccccc2)C3)c1. The van der Waals surface area contributed by atoms with Crippen LogP contribution in [0.15, 0.2) is 54.6 Å². The molecular formula is C31H42N2O4. The molecule has 200 valence electrons. The molecule has 2 aromatic rings. The van der Waals surface area contributed by atoms with Crippen LogP contribution in [0.1, 0.15) is 69.4 Å². The van der Waals surface area contributed by atoms with Gasteiger partial charge in [-0.15, -0.1) is 0 Å². The number of nitrogens with zero attached hydrogens (tertiary/aromatic N) is 2. The van der Waals surface area contributed by atoms with Crippen LogP contribution in [0.5, 0.6) is 5.75 Å². The Morgan fingerprint density at radius 3 is 2.62 bits per heavy atom. The van der Waals surface area contributed by atoms with Crippen molar-refractivity contribution in [2.45, 2.75) is 81.8 Å². The van der Waals surface area contributed by atoms with Gasteiger partial charge in [0, 0.05) is 38.4 Å². The van der Waals surface area contributed by atoms with Crippen LogP contribution in [-0.4, -0.2) is 65.6 Å². The van der Waals surface area contributed by atoms with E-state index in [1.807, 2.05) is 36.2 Å². The Kier molecular flexibility index (Phi) is 8.71. The third kappa shape index (κ3) is 6.24. The number of aliphatic hydroxyl groups is 1. The van der Waals surface area contributed by atoms with Crippen molar-refractivity contribution in [3.8, 4) is 5.75 Å². The van der Waals surface area contributed by atoms with Gasteiger partial charge in [0.1, 0.15) is 5.75 Å². The molecule has 0 unspecified atom stereocenters. The Morgan fingerprint density at radius 1 is 1.08 bits per heavy atom. The predicted molar refractivity (Wildman–Crippen MR) is 146 cm³/mol. The molecule has 1 saturated heterocycles. The molecule has 1 aliphatic heterocycles. The van der Waals surface area contributed by atoms with Crippen LogP contribution in [-0.2, 0) is 21.4 Å². The maximum Gasteiger partial charge on any atom is 0.308 e. The smallest absolute Gasteiger partial charge is 0.308 e. The van der Waals surface area contributed by atoms with Crippen LogP contribution in [0.25, 0.3) is 0 Å². The number of rotatable bonds is 9. The number of likely N-dealkylation sites (N-methyl/N-ethyl adjacent to an activating group) is 1. The molecule has 0 bridgehead atoms. The quantitative estimate of drug-likeness (QED) is 0.303. The fourth-order valence-electron chi connectivity index (χ4n) is 6.50. The molecule has 1 heterocycles. The monoisotopic (exact) mass is 506 g/mol. The maximum absolute atomic E-state index is 13.2. The summed E-state index contributed by atoms with van der Waals surface area (Å²) in [6.07, 6.45) is 7.55. The van der Waals surface area contributed by atoms with Crippen molar-refractivity contribution >= 4 is 11.9 Å². The second kappa shape index (κ2) is 11.8. The third-order valence-electron chi connectivity index (χ3n) is 8.61. The highest BCUT2D eigenvalue weighted by molar-refractivity contribution is 5.76.